The number of pyridine rings is 1. The monoisotopic (exact) mass is 576 g/mol. The highest BCUT2D eigenvalue weighted by Crippen LogP contribution is 2.52. The van der Waals surface area contributed by atoms with Crippen LogP contribution < -0.4 is 10.2 Å². The Labute approximate surface area is 249 Å². The van der Waals surface area contributed by atoms with Gasteiger partial charge in [0.15, 0.2) is 0 Å². The van der Waals surface area contributed by atoms with Gasteiger partial charge in [-0.15, -0.1) is 0 Å². The molecule has 3 aromatic carbocycles. The standard InChI is InChI=1S/C34H32N4O5/c39-30(40)21-36-32(42)31(41)29-20-34(17-19-37(29)22-25-10-6-7-18-35-25)27-11-4-5-12-28(27)38(33(34)43)26-15-13-24(14-16-26)23-8-2-1-3-9-23/h1-16,18,29,31,41H,17,19-22H2,(H,36,42)(H,39,40). The molecule has 1 spiro atoms. The van der Waals surface area contributed by atoms with E-state index in [4.69, 9.17) is 5.11 Å². The molecule has 3 unspecified atom stereocenters. The summed E-state index contributed by atoms with van der Waals surface area (Å²) in [5.74, 6) is -2.11. The van der Waals surface area contributed by atoms with E-state index < -0.39 is 36.0 Å². The van der Waals surface area contributed by atoms with Crippen LogP contribution in [0.1, 0.15) is 24.1 Å². The van der Waals surface area contributed by atoms with Gasteiger partial charge in [-0.05, 0) is 59.9 Å². The van der Waals surface area contributed by atoms with Crippen LogP contribution in [0.3, 0.4) is 0 Å². The first kappa shape index (κ1) is 28.3. The van der Waals surface area contributed by atoms with E-state index in [2.05, 4.69) is 10.3 Å². The molecule has 9 nitrogen and oxygen atoms in total. The fraction of sp³-hybridized carbons (Fsp3) is 0.235. The maximum atomic E-state index is 14.5. The van der Waals surface area contributed by atoms with Crippen LogP contribution in [-0.4, -0.2) is 63.1 Å². The number of para-hydroxylation sites is 1. The molecule has 0 bridgehead atoms. The number of fused-ring (bicyclic) bond motifs is 2. The van der Waals surface area contributed by atoms with Gasteiger partial charge in [0.1, 0.15) is 12.6 Å². The van der Waals surface area contributed by atoms with Crippen LogP contribution in [0.2, 0.25) is 0 Å². The van der Waals surface area contributed by atoms with Crippen molar-refractivity contribution < 1.29 is 24.6 Å². The molecular formula is C34H32N4O5. The third-order valence-electron chi connectivity index (χ3n) is 8.50. The Morgan fingerprint density at radius 2 is 1.63 bits per heavy atom. The van der Waals surface area contributed by atoms with E-state index in [1.165, 1.54) is 0 Å². The molecule has 0 aliphatic carbocycles. The molecule has 2 aliphatic heterocycles. The van der Waals surface area contributed by atoms with Crippen LogP contribution in [0.25, 0.3) is 11.1 Å². The molecule has 3 heterocycles. The molecule has 0 saturated carbocycles. The number of hydrogen-bond donors (Lipinski definition) is 3. The van der Waals surface area contributed by atoms with Crippen molar-refractivity contribution in [2.45, 2.75) is 36.9 Å². The van der Waals surface area contributed by atoms with E-state index in [1.807, 2.05) is 102 Å². The number of anilines is 2. The van der Waals surface area contributed by atoms with Crippen LogP contribution in [0.15, 0.2) is 103 Å². The quantitative estimate of drug-likeness (QED) is 0.291. The third kappa shape index (κ3) is 5.40. The van der Waals surface area contributed by atoms with Crippen LogP contribution in [0, 0.1) is 0 Å². The summed E-state index contributed by atoms with van der Waals surface area (Å²) in [7, 11) is 0. The van der Waals surface area contributed by atoms with Crippen LogP contribution in [0.5, 0.6) is 0 Å². The summed E-state index contributed by atoms with van der Waals surface area (Å²) in [5.41, 5.74) is 4.28. The fourth-order valence-electron chi connectivity index (χ4n) is 6.38. The van der Waals surface area contributed by atoms with Crippen LogP contribution >= 0.6 is 0 Å². The zero-order valence-corrected chi connectivity index (χ0v) is 23.5. The lowest BCUT2D eigenvalue weighted by atomic mass is 9.70. The lowest BCUT2D eigenvalue weighted by molar-refractivity contribution is -0.142. The number of hydrogen-bond acceptors (Lipinski definition) is 6. The highest BCUT2D eigenvalue weighted by atomic mass is 16.4. The lowest BCUT2D eigenvalue weighted by Crippen LogP contribution is -2.59. The Morgan fingerprint density at radius 1 is 0.930 bits per heavy atom. The second-order valence-corrected chi connectivity index (χ2v) is 11.0. The van der Waals surface area contributed by atoms with Gasteiger partial charge in [-0.3, -0.25) is 29.2 Å². The third-order valence-corrected chi connectivity index (χ3v) is 8.50. The van der Waals surface area contributed by atoms with Crippen molar-refractivity contribution in [3.63, 3.8) is 0 Å². The molecule has 0 radical (unpaired) electrons. The smallest absolute Gasteiger partial charge is 0.322 e. The molecular weight excluding hydrogens is 544 g/mol. The van der Waals surface area contributed by atoms with E-state index in [9.17, 15) is 19.5 Å². The SMILES string of the molecule is O=C(O)CNC(=O)C(O)C1CC2(CCN1Cc1ccccn1)C(=O)N(c1ccc(-c3ccccc3)cc1)c1ccccc12. The van der Waals surface area contributed by atoms with Crippen molar-refractivity contribution in [2.24, 2.45) is 0 Å². The Morgan fingerprint density at radius 3 is 2.35 bits per heavy atom. The fourth-order valence-corrected chi connectivity index (χ4v) is 6.38. The Bertz CT molecular complexity index is 1630. The van der Waals surface area contributed by atoms with Gasteiger partial charge in [0.25, 0.3) is 5.91 Å². The second-order valence-electron chi connectivity index (χ2n) is 11.0. The topological polar surface area (TPSA) is 123 Å². The summed E-state index contributed by atoms with van der Waals surface area (Å²) in [6, 6.07) is 30.4. The second kappa shape index (κ2) is 11.8. The molecule has 218 valence electrons. The molecule has 1 saturated heterocycles. The van der Waals surface area contributed by atoms with Crippen molar-refractivity contribution in [3.8, 4) is 11.1 Å². The highest BCUT2D eigenvalue weighted by Gasteiger charge is 2.56. The number of aromatic nitrogens is 1. The number of piperidine rings is 1. The Hall–Kier alpha value is -4.86. The number of aliphatic hydroxyl groups excluding tert-OH is 1. The summed E-state index contributed by atoms with van der Waals surface area (Å²) in [6.07, 6.45) is 0.785. The van der Waals surface area contributed by atoms with E-state index >= 15 is 0 Å². The number of carboxylic acid groups (broad SMARTS) is 1. The van der Waals surface area contributed by atoms with E-state index in [1.54, 1.807) is 11.1 Å². The number of aliphatic carboxylic acids is 1. The summed E-state index contributed by atoms with van der Waals surface area (Å²) in [4.78, 5) is 46.7. The first-order chi connectivity index (χ1) is 20.9. The zero-order chi connectivity index (χ0) is 30.0. The minimum atomic E-state index is -1.56. The Balaban J connectivity index is 1.34. The van der Waals surface area contributed by atoms with Gasteiger partial charge in [0.05, 0.1) is 16.8 Å². The number of nitrogens with one attached hydrogen (secondary N) is 1. The predicted molar refractivity (Wildman–Crippen MR) is 161 cm³/mol. The molecule has 3 atom stereocenters. The van der Waals surface area contributed by atoms with E-state index in [-0.39, 0.29) is 12.3 Å². The minimum Gasteiger partial charge on any atom is -0.480 e. The van der Waals surface area contributed by atoms with Gasteiger partial charge < -0.3 is 15.5 Å². The summed E-state index contributed by atoms with van der Waals surface area (Å²) < 4.78 is 0. The summed E-state index contributed by atoms with van der Waals surface area (Å²) in [6.45, 7) is 0.180. The number of carbonyl (C=O) groups is 3. The maximum Gasteiger partial charge on any atom is 0.322 e. The molecule has 4 aromatic rings. The summed E-state index contributed by atoms with van der Waals surface area (Å²) >= 11 is 0. The number of carbonyl (C=O) groups excluding carboxylic acids is 2. The van der Waals surface area contributed by atoms with Crippen molar-refractivity contribution in [1.82, 2.24) is 15.2 Å². The number of benzene rings is 3. The number of likely N-dealkylation sites (tertiary alicyclic amines) is 1. The van der Waals surface area contributed by atoms with E-state index in [0.717, 1.165) is 33.8 Å². The number of aliphatic hydroxyl groups is 1. The molecule has 9 heteroatoms. The predicted octanol–water partition coefficient (Wildman–Crippen LogP) is 3.89. The molecule has 6 rings (SSSR count). The average molecular weight is 577 g/mol. The van der Waals surface area contributed by atoms with Gasteiger partial charge in [-0.2, -0.15) is 0 Å². The van der Waals surface area contributed by atoms with Crippen LogP contribution in [0.4, 0.5) is 11.4 Å². The normalized spacial score (nSPS) is 20.5. The maximum absolute atomic E-state index is 14.5. The molecule has 3 N–H and O–H groups in total. The van der Waals surface area contributed by atoms with Crippen molar-refractivity contribution in [1.29, 1.82) is 0 Å². The average Bonchev–Trinajstić information content (AvgIpc) is 3.28. The largest absolute Gasteiger partial charge is 0.480 e. The van der Waals surface area contributed by atoms with Crippen LogP contribution in [-0.2, 0) is 26.3 Å². The van der Waals surface area contributed by atoms with Gasteiger partial charge in [0, 0.05) is 31.0 Å². The first-order valence-corrected chi connectivity index (χ1v) is 14.3. The van der Waals surface area contributed by atoms with Crippen molar-refractivity contribution in [2.75, 3.05) is 18.0 Å². The molecule has 2 aliphatic rings. The number of nitrogens with zero attached hydrogens (tertiary/aromatic N) is 3. The highest BCUT2D eigenvalue weighted by molar-refractivity contribution is 6.13. The van der Waals surface area contributed by atoms with Gasteiger partial charge >= 0.3 is 5.97 Å². The number of carboxylic acids is 1. The molecule has 1 aromatic heterocycles. The lowest BCUT2D eigenvalue weighted by Gasteiger charge is -2.45. The molecule has 1 fully saturated rings. The van der Waals surface area contributed by atoms with Crippen molar-refractivity contribution in [3.05, 3.63) is 115 Å². The minimum absolute atomic E-state index is 0.109. The summed E-state index contributed by atoms with van der Waals surface area (Å²) in [5, 5.41) is 22.7. The molecule has 2 amide bonds. The van der Waals surface area contributed by atoms with Gasteiger partial charge in [-0.25, -0.2) is 0 Å². The zero-order valence-electron chi connectivity index (χ0n) is 23.5. The van der Waals surface area contributed by atoms with E-state index in [0.29, 0.717) is 19.5 Å². The first-order valence-electron chi connectivity index (χ1n) is 14.3. The number of rotatable bonds is 8. The van der Waals surface area contributed by atoms with Crippen molar-refractivity contribution >= 4 is 29.2 Å². The van der Waals surface area contributed by atoms with Gasteiger partial charge in [-0.1, -0.05) is 66.7 Å². The van der Waals surface area contributed by atoms with Gasteiger partial charge in [0.2, 0.25) is 5.91 Å². The molecule has 43 heavy (non-hydrogen) atoms. The number of amides is 2. The Kier molecular flexibility index (Phi) is 7.75.